The Bertz CT molecular complexity index is 525. The predicted octanol–water partition coefficient (Wildman–Crippen LogP) is 2.14. The average Bonchev–Trinajstić information content (AvgIpc) is 2.55. The van der Waals surface area contributed by atoms with Gasteiger partial charge in [-0.05, 0) is 55.3 Å². The van der Waals surface area contributed by atoms with Crippen LogP contribution in [0.15, 0.2) is 0 Å². The molecule has 1 saturated heterocycles. The molecule has 0 aromatic rings. The lowest BCUT2D eigenvalue weighted by molar-refractivity contribution is -0.180. The summed E-state index contributed by atoms with van der Waals surface area (Å²) in [6, 6.07) is 0. The van der Waals surface area contributed by atoms with E-state index in [9.17, 15) is 4.79 Å². The Hall–Kier alpha value is -0.650. The number of carbonyl (C=O) groups excluding carboxylic acids is 1. The van der Waals surface area contributed by atoms with Crippen LogP contribution in [0, 0.1) is 22.2 Å². The first kappa shape index (κ1) is 18.7. The number of aliphatic hydroxyl groups excluding tert-OH is 1. The third kappa shape index (κ3) is 3.43. The molecule has 4 atom stereocenters. The van der Waals surface area contributed by atoms with Crippen molar-refractivity contribution in [3.8, 4) is 0 Å². The molecule has 5 fully saturated rings. The Balaban J connectivity index is 1.35. The molecule has 2 unspecified atom stereocenters. The maximum atomic E-state index is 13.6. The Kier molecular flexibility index (Phi) is 4.85. The predicted molar refractivity (Wildman–Crippen MR) is 101 cm³/mol. The highest BCUT2D eigenvalue weighted by Gasteiger charge is 2.63. The minimum atomic E-state index is -0.0602. The van der Waals surface area contributed by atoms with Gasteiger partial charge in [-0.15, -0.1) is 0 Å². The van der Waals surface area contributed by atoms with Crippen molar-refractivity contribution < 1.29 is 14.6 Å². The van der Waals surface area contributed by atoms with Gasteiger partial charge in [0.1, 0.15) is 0 Å². The third-order valence-electron chi connectivity index (χ3n) is 7.53. The van der Waals surface area contributed by atoms with Crippen LogP contribution in [0.1, 0.15) is 52.4 Å². The molecule has 148 valence electrons. The molecule has 1 aliphatic heterocycles. The molecular weight excluding hydrogens is 328 g/mol. The van der Waals surface area contributed by atoms with Gasteiger partial charge >= 0.3 is 0 Å². The van der Waals surface area contributed by atoms with Gasteiger partial charge in [-0.1, -0.05) is 13.8 Å². The summed E-state index contributed by atoms with van der Waals surface area (Å²) in [7, 11) is 0. The van der Waals surface area contributed by atoms with Gasteiger partial charge in [0.25, 0.3) is 0 Å². The summed E-state index contributed by atoms with van der Waals surface area (Å²) < 4.78 is 5.37. The molecular formula is C21H36N2O3. The van der Waals surface area contributed by atoms with Gasteiger partial charge in [0.15, 0.2) is 0 Å². The summed E-state index contributed by atoms with van der Waals surface area (Å²) in [5.41, 5.74) is 0.737. The lowest BCUT2D eigenvalue weighted by Gasteiger charge is -2.65. The van der Waals surface area contributed by atoms with E-state index >= 15 is 0 Å². The standard InChI is InChI=1S/C21H36N2O3/c1-19-11-17-12-20(2,14-19)16-21(13-17,15-19)18(25)23-5-3-22(4-6-23)7-9-26-10-8-24/h17,24H,3-16H2,1-2H3/t17?,19-,20+,21?. The van der Waals surface area contributed by atoms with Crippen LogP contribution in [0.4, 0.5) is 0 Å². The SMILES string of the molecule is C[C@]12CC3CC(C(=O)N4CCN(CCOCCO)CC4)(C1)C[C@@](C)(C3)C2. The summed E-state index contributed by atoms with van der Waals surface area (Å²) in [5, 5.41) is 8.77. The number of hydrogen-bond acceptors (Lipinski definition) is 4. The molecule has 0 spiro atoms. The van der Waals surface area contributed by atoms with Crippen LogP contribution in [-0.2, 0) is 9.53 Å². The molecule has 0 radical (unpaired) electrons. The highest BCUT2D eigenvalue weighted by Crippen LogP contribution is 2.69. The normalized spacial score (nSPS) is 42.4. The molecule has 1 heterocycles. The fraction of sp³-hybridized carbons (Fsp3) is 0.952. The zero-order chi connectivity index (χ0) is 18.4. The number of piperazine rings is 1. The van der Waals surface area contributed by atoms with Gasteiger partial charge < -0.3 is 14.7 Å². The fourth-order valence-electron chi connectivity index (χ4n) is 7.56. The van der Waals surface area contributed by atoms with Crippen LogP contribution < -0.4 is 0 Å². The van der Waals surface area contributed by atoms with Crippen molar-refractivity contribution in [2.45, 2.75) is 52.4 Å². The molecule has 5 nitrogen and oxygen atoms in total. The zero-order valence-corrected chi connectivity index (χ0v) is 16.6. The topological polar surface area (TPSA) is 53.0 Å². The number of hydrogen-bond donors (Lipinski definition) is 1. The minimum absolute atomic E-state index is 0.0602. The fourth-order valence-corrected chi connectivity index (χ4v) is 7.56. The molecule has 4 aliphatic carbocycles. The van der Waals surface area contributed by atoms with E-state index in [0.29, 0.717) is 30.0 Å². The number of amides is 1. The number of aliphatic hydroxyl groups is 1. The highest BCUT2D eigenvalue weighted by atomic mass is 16.5. The molecule has 0 aromatic heterocycles. The quantitative estimate of drug-likeness (QED) is 0.734. The van der Waals surface area contributed by atoms with Crippen molar-refractivity contribution in [1.82, 2.24) is 9.80 Å². The van der Waals surface area contributed by atoms with Gasteiger partial charge in [0.05, 0.1) is 25.2 Å². The van der Waals surface area contributed by atoms with E-state index < -0.39 is 0 Å². The van der Waals surface area contributed by atoms with Crippen LogP contribution >= 0.6 is 0 Å². The molecule has 5 aliphatic rings. The monoisotopic (exact) mass is 364 g/mol. The number of rotatable bonds is 6. The second-order valence-corrected chi connectivity index (χ2v) is 10.4. The maximum Gasteiger partial charge on any atom is 0.228 e. The smallest absolute Gasteiger partial charge is 0.228 e. The molecule has 5 heteroatoms. The van der Waals surface area contributed by atoms with Crippen molar-refractivity contribution in [3.05, 3.63) is 0 Å². The summed E-state index contributed by atoms with van der Waals surface area (Å²) >= 11 is 0. The van der Waals surface area contributed by atoms with Crippen molar-refractivity contribution >= 4 is 5.91 Å². The van der Waals surface area contributed by atoms with E-state index in [-0.39, 0.29) is 12.0 Å². The Morgan fingerprint density at radius 2 is 1.65 bits per heavy atom. The van der Waals surface area contributed by atoms with E-state index in [0.717, 1.165) is 57.9 Å². The maximum absolute atomic E-state index is 13.6. The van der Waals surface area contributed by atoms with E-state index in [2.05, 4.69) is 23.6 Å². The zero-order valence-electron chi connectivity index (χ0n) is 16.6. The van der Waals surface area contributed by atoms with Gasteiger partial charge in [-0.25, -0.2) is 0 Å². The van der Waals surface area contributed by atoms with Crippen LogP contribution in [0.25, 0.3) is 0 Å². The van der Waals surface area contributed by atoms with E-state index in [4.69, 9.17) is 9.84 Å². The third-order valence-corrected chi connectivity index (χ3v) is 7.53. The van der Waals surface area contributed by atoms with Crippen LogP contribution in [0.5, 0.6) is 0 Å². The van der Waals surface area contributed by atoms with Gasteiger partial charge in [-0.2, -0.15) is 0 Å². The molecule has 4 saturated carbocycles. The van der Waals surface area contributed by atoms with Crippen LogP contribution in [0.2, 0.25) is 0 Å². The number of ether oxygens (including phenoxy) is 1. The van der Waals surface area contributed by atoms with Gasteiger partial charge in [0.2, 0.25) is 5.91 Å². The van der Waals surface area contributed by atoms with Crippen molar-refractivity contribution in [3.63, 3.8) is 0 Å². The average molecular weight is 365 g/mol. The summed E-state index contributed by atoms with van der Waals surface area (Å²) in [4.78, 5) is 18.1. The molecule has 0 aromatic carbocycles. The molecule has 5 rings (SSSR count). The second-order valence-electron chi connectivity index (χ2n) is 10.4. The first-order valence-corrected chi connectivity index (χ1v) is 10.6. The van der Waals surface area contributed by atoms with Crippen LogP contribution in [-0.4, -0.2) is 73.4 Å². The highest BCUT2D eigenvalue weighted by molar-refractivity contribution is 5.83. The number of nitrogens with zero attached hydrogens (tertiary/aromatic N) is 2. The molecule has 1 N–H and O–H groups in total. The summed E-state index contributed by atoms with van der Waals surface area (Å²) in [6.07, 6.45) is 7.41. The minimum Gasteiger partial charge on any atom is -0.394 e. The van der Waals surface area contributed by atoms with E-state index in [1.807, 2.05) is 0 Å². The largest absolute Gasteiger partial charge is 0.394 e. The second kappa shape index (κ2) is 6.75. The van der Waals surface area contributed by atoms with Gasteiger partial charge in [0, 0.05) is 32.7 Å². The van der Waals surface area contributed by atoms with E-state index in [1.165, 1.54) is 19.3 Å². The van der Waals surface area contributed by atoms with Crippen molar-refractivity contribution in [2.75, 3.05) is 52.5 Å². The Morgan fingerprint density at radius 3 is 2.23 bits per heavy atom. The van der Waals surface area contributed by atoms with Crippen molar-refractivity contribution in [2.24, 2.45) is 22.2 Å². The molecule has 26 heavy (non-hydrogen) atoms. The van der Waals surface area contributed by atoms with Crippen molar-refractivity contribution in [1.29, 1.82) is 0 Å². The van der Waals surface area contributed by atoms with Gasteiger partial charge in [-0.3, -0.25) is 9.69 Å². The van der Waals surface area contributed by atoms with Crippen LogP contribution in [0.3, 0.4) is 0 Å². The first-order valence-electron chi connectivity index (χ1n) is 10.6. The van der Waals surface area contributed by atoms with E-state index in [1.54, 1.807) is 0 Å². The first-order chi connectivity index (χ1) is 12.4. The molecule has 1 amide bonds. The Labute approximate surface area is 158 Å². The molecule has 4 bridgehead atoms. The lowest BCUT2D eigenvalue weighted by Crippen LogP contribution is -2.62. The number of carbonyl (C=O) groups is 1. The lowest BCUT2D eigenvalue weighted by atomic mass is 9.40. The summed E-state index contributed by atoms with van der Waals surface area (Å²) in [5.74, 6) is 1.24. The Morgan fingerprint density at radius 1 is 1.00 bits per heavy atom. The summed E-state index contributed by atoms with van der Waals surface area (Å²) in [6.45, 7) is 10.6.